The first-order valence-electron chi connectivity index (χ1n) is 5.87. The number of hydrogen-bond donors (Lipinski definition) is 1. The molecule has 1 unspecified atom stereocenters. The van der Waals surface area contributed by atoms with Gasteiger partial charge in [-0.2, -0.15) is 0 Å². The van der Waals surface area contributed by atoms with E-state index in [9.17, 15) is 4.79 Å². The average molecular weight is 239 g/mol. The van der Waals surface area contributed by atoms with Crippen molar-refractivity contribution in [3.63, 3.8) is 0 Å². The van der Waals surface area contributed by atoms with Crippen molar-refractivity contribution in [3.8, 4) is 0 Å². The predicted octanol–water partition coefficient (Wildman–Crippen LogP) is 3.32. The van der Waals surface area contributed by atoms with Gasteiger partial charge in [0.25, 0.3) is 0 Å². The van der Waals surface area contributed by atoms with E-state index in [1.54, 1.807) is 11.3 Å². The average Bonchev–Trinajstić information content (AvgIpc) is 2.61. The van der Waals surface area contributed by atoms with Crippen LogP contribution in [0.4, 0.5) is 0 Å². The van der Waals surface area contributed by atoms with Crippen LogP contribution in [0.3, 0.4) is 0 Å². The second kappa shape index (κ2) is 6.04. The van der Waals surface area contributed by atoms with E-state index in [4.69, 9.17) is 0 Å². The molecule has 0 aliphatic carbocycles. The Hall–Kier alpha value is -0.830. The summed E-state index contributed by atoms with van der Waals surface area (Å²) in [7, 11) is 0. The fourth-order valence-corrected chi connectivity index (χ4v) is 2.94. The van der Waals surface area contributed by atoms with Crippen molar-refractivity contribution in [1.82, 2.24) is 5.32 Å². The zero-order valence-electron chi connectivity index (χ0n) is 10.5. The highest BCUT2D eigenvalue weighted by molar-refractivity contribution is 7.12. The fourth-order valence-electron chi connectivity index (χ4n) is 1.79. The van der Waals surface area contributed by atoms with E-state index in [0.29, 0.717) is 24.8 Å². The lowest BCUT2D eigenvalue weighted by atomic mass is 9.91. The highest BCUT2D eigenvalue weighted by Crippen LogP contribution is 2.32. The van der Waals surface area contributed by atoms with Crippen LogP contribution in [0.2, 0.25) is 0 Å². The number of carbonyl (C=O) groups excluding carboxylic acids is 1. The Morgan fingerprint density at radius 1 is 1.44 bits per heavy atom. The minimum atomic E-state index is 0.159. The van der Waals surface area contributed by atoms with Gasteiger partial charge in [-0.3, -0.25) is 4.79 Å². The maximum Gasteiger partial charge on any atom is 0.220 e. The van der Waals surface area contributed by atoms with E-state index in [0.717, 1.165) is 0 Å². The Morgan fingerprint density at radius 3 is 2.56 bits per heavy atom. The minimum absolute atomic E-state index is 0.159. The Morgan fingerprint density at radius 2 is 2.12 bits per heavy atom. The van der Waals surface area contributed by atoms with Gasteiger partial charge in [0.2, 0.25) is 5.91 Å². The predicted molar refractivity (Wildman–Crippen MR) is 69.9 cm³/mol. The minimum Gasteiger partial charge on any atom is -0.356 e. The first kappa shape index (κ1) is 13.2. The highest BCUT2D eigenvalue weighted by atomic mass is 32.1. The number of amides is 1. The zero-order chi connectivity index (χ0) is 12.1. The third-order valence-electron chi connectivity index (χ3n) is 2.71. The second-order valence-electron chi connectivity index (χ2n) is 4.46. The van der Waals surface area contributed by atoms with Gasteiger partial charge < -0.3 is 5.32 Å². The van der Waals surface area contributed by atoms with Gasteiger partial charge in [0.05, 0.1) is 0 Å². The van der Waals surface area contributed by atoms with Gasteiger partial charge >= 0.3 is 0 Å². The molecule has 0 saturated carbocycles. The van der Waals surface area contributed by atoms with Crippen molar-refractivity contribution in [1.29, 1.82) is 0 Å². The van der Waals surface area contributed by atoms with Crippen LogP contribution in [0.25, 0.3) is 0 Å². The molecule has 0 bridgehead atoms. The molecule has 0 radical (unpaired) electrons. The number of nitrogens with one attached hydrogen (secondary N) is 1. The molecule has 1 heterocycles. The monoisotopic (exact) mass is 239 g/mol. The Bertz CT molecular complexity index is 343. The molecule has 0 fully saturated rings. The molecule has 0 spiro atoms. The maximum absolute atomic E-state index is 11.6. The van der Waals surface area contributed by atoms with Crippen molar-refractivity contribution in [2.45, 2.75) is 40.0 Å². The first-order chi connectivity index (χ1) is 7.54. The molecule has 1 aromatic heterocycles. The van der Waals surface area contributed by atoms with Crippen LogP contribution in [0, 0.1) is 12.8 Å². The van der Waals surface area contributed by atoms with Crippen molar-refractivity contribution >= 4 is 17.2 Å². The smallest absolute Gasteiger partial charge is 0.220 e. The molecule has 1 amide bonds. The second-order valence-corrected chi connectivity index (χ2v) is 5.78. The number of thiophene rings is 1. The van der Waals surface area contributed by atoms with Crippen LogP contribution in [0.15, 0.2) is 12.1 Å². The molecule has 1 atom stereocenters. The Kier molecular flexibility index (Phi) is 5.00. The Balaban J connectivity index is 2.72. The molecule has 3 heteroatoms. The van der Waals surface area contributed by atoms with Gasteiger partial charge in [0, 0.05) is 28.6 Å². The van der Waals surface area contributed by atoms with Gasteiger partial charge in [0.1, 0.15) is 0 Å². The van der Waals surface area contributed by atoms with Crippen molar-refractivity contribution < 1.29 is 4.79 Å². The normalized spacial score (nSPS) is 12.8. The summed E-state index contributed by atoms with van der Waals surface area (Å²) in [6, 6.07) is 4.29. The number of carbonyl (C=O) groups is 1. The van der Waals surface area contributed by atoms with Crippen LogP contribution in [-0.2, 0) is 4.79 Å². The fraction of sp³-hybridized carbons (Fsp3) is 0.615. The number of aryl methyl sites for hydroxylation is 1. The van der Waals surface area contributed by atoms with Crippen molar-refractivity contribution in [2.24, 2.45) is 5.92 Å². The lowest BCUT2D eigenvalue weighted by Crippen LogP contribution is -2.25. The molecule has 1 aromatic rings. The first-order valence-corrected chi connectivity index (χ1v) is 6.69. The van der Waals surface area contributed by atoms with E-state index in [2.05, 4.69) is 38.2 Å². The number of hydrogen-bond acceptors (Lipinski definition) is 2. The third-order valence-corrected chi connectivity index (χ3v) is 3.84. The van der Waals surface area contributed by atoms with Crippen LogP contribution in [0.5, 0.6) is 0 Å². The van der Waals surface area contributed by atoms with Crippen LogP contribution in [0.1, 0.15) is 42.9 Å². The standard InChI is InChI=1S/C13H21NOS/c1-5-14-13(15)8-11(9(2)3)12-7-6-10(4)16-12/h6-7,9,11H,5,8H2,1-4H3,(H,14,15). The summed E-state index contributed by atoms with van der Waals surface area (Å²) in [6.07, 6.45) is 0.603. The molecular formula is C13H21NOS. The molecule has 0 aliphatic heterocycles. The summed E-state index contributed by atoms with van der Waals surface area (Å²) in [5.41, 5.74) is 0. The van der Waals surface area contributed by atoms with Gasteiger partial charge in [-0.25, -0.2) is 0 Å². The quantitative estimate of drug-likeness (QED) is 0.839. The molecule has 0 saturated heterocycles. The molecule has 16 heavy (non-hydrogen) atoms. The summed E-state index contributed by atoms with van der Waals surface area (Å²) in [4.78, 5) is 14.3. The van der Waals surface area contributed by atoms with Crippen LogP contribution >= 0.6 is 11.3 Å². The van der Waals surface area contributed by atoms with Gasteiger partial charge in [-0.05, 0) is 31.9 Å². The maximum atomic E-state index is 11.6. The van der Waals surface area contributed by atoms with E-state index >= 15 is 0 Å². The molecule has 90 valence electrons. The number of rotatable bonds is 5. The van der Waals surface area contributed by atoms with Gasteiger partial charge in [0.15, 0.2) is 0 Å². The van der Waals surface area contributed by atoms with E-state index in [-0.39, 0.29) is 5.91 Å². The third kappa shape index (κ3) is 3.63. The molecule has 2 nitrogen and oxygen atoms in total. The van der Waals surface area contributed by atoms with Crippen LogP contribution in [-0.4, -0.2) is 12.5 Å². The molecular weight excluding hydrogens is 218 g/mol. The van der Waals surface area contributed by atoms with Crippen molar-refractivity contribution in [2.75, 3.05) is 6.54 Å². The molecule has 0 aromatic carbocycles. The highest BCUT2D eigenvalue weighted by Gasteiger charge is 2.20. The molecule has 0 aliphatic rings. The lowest BCUT2D eigenvalue weighted by molar-refractivity contribution is -0.121. The summed E-state index contributed by atoms with van der Waals surface area (Å²) in [6.45, 7) is 9.14. The molecule has 1 N–H and O–H groups in total. The largest absolute Gasteiger partial charge is 0.356 e. The summed E-state index contributed by atoms with van der Waals surface area (Å²) in [5.74, 6) is 1.01. The van der Waals surface area contributed by atoms with Crippen molar-refractivity contribution in [3.05, 3.63) is 21.9 Å². The van der Waals surface area contributed by atoms with E-state index in [1.807, 2.05) is 6.92 Å². The summed E-state index contributed by atoms with van der Waals surface area (Å²) >= 11 is 1.80. The van der Waals surface area contributed by atoms with Crippen LogP contribution < -0.4 is 5.32 Å². The lowest BCUT2D eigenvalue weighted by Gasteiger charge is -2.18. The zero-order valence-corrected chi connectivity index (χ0v) is 11.4. The Labute approximate surface area is 102 Å². The van der Waals surface area contributed by atoms with E-state index in [1.165, 1.54) is 9.75 Å². The topological polar surface area (TPSA) is 29.1 Å². The SMILES string of the molecule is CCNC(=O)CC(c1ccc(C)s1)C(C)C. The van der Waals surface area contributed by atoms with E-state index < -0.39 is 0 Å². The van der Waals surface area contributed by atoms with Gasteiger partial charge in [-0.15, -0.1) is 11.3 Å². The summed E-state index contributed by atoms with van der Waals surface area (Å²) in [5, 5.41) is 2.87. The summed E-state index contributed by atoms with van der Waals surface area (Å²) < 4.78 is 0. The van der Waals surface area contributed by atoms with Gasteiger partial charge in [-0.1, -0.05) is 13.8 Å². The molecule has 1 rings (SSSR count).